The smallest absolute Gasteiger partial charge is 0.330 e. The number of aliphatic carboxylic acids is 2. The maximum atomic E-state index is 14.4. The number of rotatable bonds is 29. The molecule has 3 aliphatic rings. The van der Waals surface area contributed by atoms with Gasteiger partial charge in [-0.3, -0.25) is 38.5 Å². The van der Waals surface area contributed by atoms with E-state index in [2.05, 4.69) is 50.7 Å². The molecule has 2 fully saturated rings. The molecule has 0 aliphatic carbocycles. The first-order chi connectivity index (χ1) is 35.4. The third-order valence-corrected chi connectivity index (χ3v) is 12.9. The molecule has 4 amide bonds. The number of nitrogens with one attached hydrogen (secondary N) is 7. The van der Waals surface area contributed by atoms with E-state index in [4.69, 9.17) is 30.4 Å². The third-order valence-electron chi connectivity index (χ3n) is 12.9. The number of carbonyl (C=O) groups excluding carboxylic acids is 4. The number of aliphatic imine (C=N–C) groups is 1. The fourth-order valence-electron chi connectivity index (χ4n) is 8.76. The largest absolute Gasteiger partial charge is 0.480 e. The van der Waals surface area contributed by atoms with Gasteiger partial charge in [-0.25, -0.2) is 14.4 Å². The molecule has 0 bridgehead atoms. The first-order valence-electron chi connectivity index (χ1n) is 25.2. The van der Waals surface area contributed by atoms with E-state index in [-0.39, 0.29) is 51.4 Å². The van der Waals surface area contributed by atoms with Gasteiger partial charge in [0.1, 0.15) is 73.0 Å². The fourth-order valence-corrected chi connectivity index (χ4v) is 8.76. The van der Waals surface area contributed by atoms with Crippen molar-refractivity contribution in [2.24, 2.45) is 34.2 Å². The lowest BCUT2D eigenvalue weighted by molar-refractivity contribution is -0.228. The second-order valence-electron chi connectivity index (χ2n) is 19.9. The van der Waals surface area contributed by atoms with E-state index in [0.717, 1.165) is 36.1 Å². The van der Waals surface area contributed by atoms with E-state index in [1.807, 2.05) is 4.98 Å². The van der Waals surface area contributed by atoms with E-state index in [9.17, 15) is 69.0 Å². The Morgan fingerprint density at radius 3 is 2.11 bits per heavy atom. The highest BCUT2D eigenvalue weighted by molar-refractivity contribution is 5.94. The van der Waals surface area contributed by atoms with Crippen molar-refractivity contribution in [3.63, 3.8) is 0 Å². The predicted octanol–water partition coefficient (Wildman–Crippen LogP) is -4.39. The standard InChI is InChI=1S/C46H77N11O18/c1-20(2)11-8-7-9-12-26(59)73-35(22(5)6)29(54-39(65)28(23-13-17-51-44(48)52-23)56-45(70)55-27(21(3)4)41(66)67)38(64)50-16-10-15-49-30(42(68)69)36(75-43-34(63)31(60)24(19-47)72-43)37-32(61)33(62)40(74-37)57-18-14-25(58)53-46(57)71/h14,18,20-24,27-37,40,43,49,60-63H,7-13,15-17,19,47H2,1-6H3,(H,50,64)(H,54,65)(H,66,67)(H,68,69)(H3,48,51,52)(H,53,58,71)(H2,55,56,70)/t23?,24-,27?,28?,29?,30?,31-,32?,33?,34-,35?,36?,37?,40-,43+/m1/s1. The van der Waals surface area contributed by atoms with Crippen LogP contribution in [-0.2, 0) is 42.9 Å². The van der Waals surface area contributed by atoms with Crippen LogP contribution < -0.4 is 54.6 Å². The SMILES string of the molecule is CC(C)CCCCCC(=O)OC(C(C)C)C(NC(=O)C(NC(=O)NC(C(=O)O)C(C)C)C1CCN=C(N)N1)C(=O)NCCCNC(C(=O)O)C(O[C@@H]1O[C@H](CN)[C@@H](O)[C@H]1O)C1O[C@@H](n2ccc(=O)[nH]c2=O)C(O)C1O. The number of amides is 4. The Labute approximate surface area is 432 Å². The first-order valence-corrected chi connectivity index (χ1v) is 25.2. The van der Waals surface area contributed by atoms with Crippen molar-refractivity contribution in [1.82, 2.24) is 41.5 Å². The maximum Gasteiger partial charge on any atom is 0.330 e. The van der Waals surface area contributed by atoms with Gasteiger partial charge < -0.3 is 93.0 Å². The number of hydrogen-bond donors (Lipinski definition) is 15. The molecule has 15 atom stereocenters. The number of ether oxygens (including phenoxy) is 4. The van der Waals surface area contributed by atoms with Gasteiger partial charge in [-0.05, 0) is 43.6 Å². The molecule has 0 radical (unpaired) electrons. The van der Waals surface area contributed by atoms with Crippen LogP contribution >= 0.6 is 0 Å². The van der Waals surface area contributed by atoms with Crippen molar-refractivity contribution in [3.8, 4) is 0 Å². The zero-order valence-electron chi connectivity index (χ0n) is 43.0. The van der Waals surface area contributed by atoms with Gasteiger partial charge in [0.15, 0.2) is 18.5 Å². The number of nitrogens with two attached hydrogens (primary N) is 2. The lowest BCUT2D eigenvalue weighted by Crippen LogP contribution is -2.66. The van der Waals surface area contributed by atoms with Crippen LogP contribution in [0.5, 0.6) is 0 Å². The number of carboxylic acid groups (broad SMARTS) is 2. The number of aromatic nitrogens is 2. The number of H-pyrrole nitrogens is 1. The lowest BCUT2D eigenvalue weighted by atomic mass is 9.96. The highest BCUT2D eigenvalue weighted by Gasteiger charge is 2.54. The quantitative estimate of drug-likeness (QED) is 0.0266. The number of nitrogens with zero attached hydrogens (tertiary/aromatic N) is 2. The Bertz CT molecular complexity index is 2230. The molecule has 0 saturated carbocycles. The summed E-state index contributed by atoms with van der Waals surface area (Å²) in [5.74, 6) is -6.14. The molecule has 10 unspecified atom stereocenters. The molecule has 424 valence electrons. The molecule has 3 aliphatic heterocycles. The Morgan fingerprint density at radius 1 is 0.827 bits per heavy atom. The van der Waals surface area contributed by atoms with Crippen LogP contribution in [0.25, 0.3) is 0 Å². The summed E-state index contributed by atoms with van der Waals surface area (Å²) in [4.78, 5) is 111. The summed E-state index contributed by atoms with van der Waals surface area (Å²) in [6.07, 6.45) is -12.7. The van der Waals surface area contributed by atoms with E-state index >= 15 is 0 Å². The van der Waals surface area contributed by atoms with Crippen LogP contribution in [0.3, 0.4) is 0 Å². The Kier molecular flexibility index (Phi) is 23.8. The maximum absolute atomic E-state index is 14.4. The highest BCUT2D eigenvalue weighted by atomic mass is 16.7. The number of carbonyl (C=O) groups is 6. The average Bonchev–Trinajstić information content (AvgIpc) is 3.78. The van der Waals surface area contributed by atoms with Crippen molar-refractivity contribution in [3.05, 3.63) is 33.1 Å². The Hall–Kier alpha value is -5.79. The second-order valence-corrected chi connectivity index (χ2v) is 19.9. The number of unbranched alkanes of at least 4 members (excludes halogenated alkanes) is 2. The highest BCUT2D eigenvalue weighted by Crippen LogP contribution is 2.34. The van der Waals surface area contributed by atoms with Crippen molar-refractivity contribution >= 4 is 41.7 Å². The first kappa shape index (κ1) is 61.8. The number of aromatic amines is 1. The number of esters is 1. The summed E-state index contributed by atoms with van der Waals surface area (Å²) in [7, 11) is 0. The van der Waals surface area contributed by atoms with Crippen molar-refractivity contribution in [1.29, 1.82) is 0 Å². The number of guanidine groups is 1. The van der Waals surface area contributed by atoms with Crippen LogP contribution in [0.2, 0.25) is 0 Å². The van der Waals surface area contributed by atoms with Crippen LogP contribution in [0, 0.1) is 17.8 Å². The van der Waals surface area contributed by atoms with Crippen LogP contribution in [0.15, 0.2) is 26.8 Å². The van der Waals surface area contributed by atoms with Crippen LogP contribution in [-0.4, -0.2) is 193 Å². The zero-order valence-corrected chi connectivity index (χ0v) is 43.0. The third kappa shape index (κ3) is 17.4. The zero-order chi connectivity index (χ0) is 55.8. The van der Waals surface area contributed by atoms with Crippen molar-refractivity contribution in [2.75, 3.05) is 26.2 Å². The summed E-state index contributed by atoms with van der Waals surface area (Å²) in [6, 6.07) is -7.36. The Balaban J connectivity index is 1.58. The van der Waals surface area contributed by atoms with Gasteiger partial charge in [-0.15, -0.1) is 0 Å². The number of hydrogen-bond acceptors (Lipinski definition) is 21. The molecule has 0 spiro atoms. The van der Waals surface area contributed by atoms with E-state index < -0.39 is 150 Å². The summed E-state index contributed by atoms with van der Waals surface area (Å²) in [5, 5.41) is 79.6. The molecular weight excluding hydrogens is 995 g/mol. The Morgan fingerprint density at radius 2 is 1.52 bits per heavy atom. The summed E-state index contributed by atoms with van der Waals surface area (Å²) in [6.45, 7) is 9.98. The monoisotopic (exact) mass is 1070 g/mol. The topological polar surface area (TPSA) is 452 Å². The van der Waals surface area contributed by atoms with Gasteiger partial charge in [-0.1, -0.05) is 60.8 Å². The molecule has 0 aromatic carbocycles. The van der Waals surface area contributed by atoms with Gasteiger partial charge >= 0.3 is 29.6 Å². The van der Waals surface area contributed by atoms with Crippen molar-refractivity contribution in [2.45, 2.75) is 178 Å². The minimum atomic E-state index is -1.97. The summed E-state index contributed by atoms with van der Waals surface area (Å²) < 4.78 is 24.0. The van der Waals surface area contributed by atoms with Gasteiger partial charge in [0.2, 0.25) is 11.8 Å². The van der Waals surface area contributed by atoms with Gasteiger partial charge in [0.05, 0.1) is 6.04 Å². The molecule has 1 aromatic rings. The molecule has 4 heterocycles. The predicted molar refractivity (Wildman–Crippen MR) is 263 cm³/mol. The number of aliphatic hydroxyl groups is 4. The minimum absolute atomic E-state index is 0.00841. The van der Waals surface area contributed by atoms with Gasteiger partial charge in [0, 0.05) is 38.3 Å². The number of urea groups is 1. The van der Waals surface area contributed by atoms with Crippen molar-refractivity contribution < 1.29 is 78.4 Å². The molecule has 2 saturated heterocycles. The van der Waals surface area contributed by atoms with Gasteiger partial charge in [-0.2, -0.15) is 0 Å². The molecule has 1 aromatic heterocycles. The number of carboxylic acids is 2. The van der Waals surface area contributed by atoms with E-state index in [1.165, 1.54) is 0 Å². The fraction of sp³-hybridized carbons (Fsp3) is 0.761. The van der Waals surface area contributed by atoms with E-state index in [1.54, 1.807) is 27.7 Å². The lowest BCUT2D eigenvalue weighted by Gasteiger charge is -2.34. The molecule has 17 N–H and O–H groups in total. The molecular formula is C46H77N11O18. The second kappa shape index (κ2) is 28.9. The summed E-state index contributed by atoms with van der Waals surface area (Å²) in [5.41, 5.74) is 9.79. The van der Waals surface area contributed by atoms with Crippen LogP contribution in [0.1, 0.15) is 92.7 Å². The average molecular weight is 1070 g/mol. The molecule has 4 rings (SSSR count). The van der Waals surface area contributed by atoms with Gasteiger partial charge in [0.25, 0.3) is 5.56 Å². The summed E-state index contributed by atoms with van der Waals surface area (Å²) >= 11 is 0. The molecule has 29 nitrogen and oxygen atoms in total. The minimum Gasteiger partial charge on any atom is -0.480 e. The van der Waals surface area contributed by atoms with Crippen LogP contribution in [0.4, 0.5) is 4.79 Å². The number of aliphatic hydroxyl groups excluding tert-OH is 4. The molecule has 29 heteroatoms. The molecule has 75 heavy (non-hydrogen) atoms. The normalized spacial score (nSPS) is 26.1. The van der Waals surface area contributed by atoms with E-state index in [0.29, 0.717) is 12.3 Å².